The van der Waals surface area contributed by atoms with Crippen molar-refractivity contribution in [3.05, 3.63) is 41.0 Å². The Morgan fingerprint density at radius 1 is 1.17 bits per heavy atom. The zero-order valence-electron chi connectivity index (χ0n) is 15.9. The lowest BCUT2D eigenvalue weighted by molar-refractivity contribution is -0.147. The van der Waals surface area contributed by atoms with Crippen molar-refractivity contribution >= 4 is 34.2 Å². The van der Waals surface area contributed by atoms with Gasteiger partial charge in [-0.3, -0.25) is 9.59 Å². The van der Waals surface area contributed by atoms with E-state index in [9.17, 15) is 23.9 Å². The average molecular weight is 419 g/mol. The summed E-state index contributed by atoms with van der Waals surface area (Å²) in [5.74, 6) is -3.75. The van der Waals surface area contributed by atoms with E-state index in [2.05, 4.69) is 5.32 Å². The van der Waals surface area contributed by atoms with Gasteiger partial charge >= 0.3 is 11.9 Å². The van der Waals surface area contributed by atoms with Crippen LogP contribution in [0.3, 0.4) is 0 Å². The topological polar surface area (TPSA) is 92.7 Å². The minimum absolute atomic E-state index is 0.161. The van der Waals surface area contributed by atoms with Crippen LogP contribution in [-0.2, 0) is 14.3 Å². The number of amides is 1. The van der Waals surface area contributed by atoms with Crippen molar-refractivity contribution in [1.82, 2.24) is 0 Å². The minimum atomic E-state index is -0.978. The van der Waals surface area contributed by atoms with E-state index >= 15 is 0 Å². The van der Waals surface area contributed by atoms with Gasteiger partial charge in [0.05, 0.1) is 18.4 Å². The van der Waals surface area contributed by atoms with E-state index in [1.807, 2.05) is 0 Å². The quantitative estimate of drug-likeness (QED) is 0.670. The van der Waals surface area contributed by atoms with E-state index in [1.54, 1.807) is 24.4 Å². The normalized spacial score (nSPS) is 18.8. The molecule has 0 unspecified atom stereocenters. The lowest BCUT2D eigenvalue weighted by Crippen LogP contribution is -2.36. The second-order valence-electron chi connectivity index (χ2n) is 6.91. The molecule has 1 fully saturated rings. The molecular weight excluding hydrogens is 397 g/mol. The molecule has 0 aliphatic heterocycles. The van der Waals surface area contributed by atoms with E-state index in [-0.39, 0.29) is 12.2 Å². The number of carboxylic acid groups (broad SMARTS) is 1. The van der Waals surface area contributed by atoms with Crippen LogP contribution in [0.5, 0.6) is 0 Å². The highest BCUT2D eigenvalue weighted by atomic mass is 32.1. The zero-order valence-corrected chi connectivity index (χ0v) is 16.8. The fraction of sp³-hybridized carbons (Fsp3) is 0.381. The highest BCUT2D eigenvalue weighted by molar-refractivity contribution is 7.15. The van der Waals surface area contributed by atoms with Crippen LogP contribution in [-0.4, -0.2) is 29.6 Å². The fourth-order valence-corrected chi connectivity index (χ4v) is 4.60. The molecule has 154 valence electrons. The maximum atomic E-state index is 13.3. The Morgan fingerprint density at radius 3 is 2.45 bits per heavy atom. The number of hydrogen-bond acceptors (Lipinski definition) is 5. The van der Waals surface area contributed by atoms with E-state index in [4.69, 9.17) is 4.74 Å². The Morgan fingerprint density at radius 2 is 1.83 bits per heavy atom. The summed E-state index contributed by atoms with van der Waals surface area (Å²) in [4.78, 5) is 36.9. The van der Waals surface area contributed by atoms with Crippen molar-refractivity contribution in [2.45, 2.75) is 32.6 Å². The predicted molar refractivity (Wildman–Crippen MR) is 107 cm³/mol. The molecule has 2 N–H and O–H groups in total. The first-order chi connectivity index (χ1) is 13.9. The standard InChI is InChI=1S/C21H22FNO5S/c1-2-28-21(27)17-16(12-7-9-13(22)10-8-12)11-29-19(17)23-18(24)14-5-3-4-6-15(14)20(25)26/h7-11,14-15H,2-6H2,1H3,(H,23,24)(H,25,26)/t14-,15-/m1/s1. The van der Waals surface area contributed by atoms with E-state index in [1.165, 1.54) is 12.1 Å². The molecule has 1 amide bonds. The van der Waals surface area contributed by atoms with Gasteiger partial charge in [0.15, 0.2) is 0 Å². The molecule has 1 aromatic carbocycles. The summed E-state index contributed by atoms with van der Waals surface area (Å²) in [5, 5.41) is 14.2. The minimum Gasteiger partial charge on any atom is -0.481 e. The molecule has 2 aromatic rings. The molecule has 8 heteroatoms. The third kappa shape index (κ3) is 4.64. The number of carboxylic acids is 1. The molecular formula is C21H22FNO5S. The molecule has 1 aliphatic rings. The van der Waals surface area contributed by atoms with Gasteiger partial charge in [0.25, 0.3) is 0 Å². The van der Waals surface area contributed by atoms with Gasteiger partial charge in [-0.05, 0) is 37.5 Å². The van der Waals surface area contributed by atoms with E-state index in [0.717, 1.165) is 24.2 Å². The molecule has 1 heterocycles. The van der Waals surface area contributed by atoms with Crippen LogP contribution in [0.2, 0.25) is 0 Å². The Hall–Kier alpha value is -2.74. The summed E-state index contributed by atoms with van der Waals surface area (Å²) in [5.41, 5.74) is 1.34. The molecule has 0 saturated heterocycles. The van der Waals surface area contributed by atoms with Crippen molar-refractivity contribution < 1.29 is 28.6 Å². The monoisotopic (exact) mass is 419 g/mol. The molecule has 0 radical (unpaired) electrons. The van der Waals surface area contributed by atoms with E-state index < -0.39 is 35.5 Å². The molecule has 1 aromatic heterocycles. The third-order valence-corrected chi connectivity index (χ3v) is 5.98. The number of nitrogens with one attached hydrogen (secondary N) is 1. The van der Waals surface area contributed by atoms with Crippen molar-refractivity contribution in [2.75, 3.05) is 11.9 Å². The van der Waals surface area contributed by atoms with Gasteiger partial charge in [0, 0.05) is 10.9 Å². The summed E-state index contributed by atoms with van der Waals surface area (Å²) < 4.78 is 18.4. The van der Waals surface area contributed by atoms with Crippen molar-refractivity contribution in [1.29, 1.82) is 0 Å². The second kappa shape index (κ2) is 9.17. The largest absolute Gasteiger partial charge is 0.481 e. The SMILES string of the molecule is CCOC(=O)c1c(-c2ccc(F)cc2)csc1NC(=O)[C@@H]1CCCC[C@H]1C(=O)O. The first-order valence-corrected chi connectivity index (χ1v) is 10.4. The number of carbonyl (C=O) groups excluding carboxylic acids is 2. The van der Waals surface area contributed by atoms with Crippen LogP contribution in [0.1, 0.15) is 43.0 Å². The molecule has 0 spiro atoms. The fourth-order valence-electron chi connectivity index (χ4n) is 3.64. The third-order valence-electron chi connectivity index (χ3n) is 5.08. The molecule has 0 bridgehead atoms. The average Bonchev–Trinajstić information content (AvgIpc) is 3.12. The number of thiophene rings is 1. The van der Waals surface area contributed by atoms with Gasteiger partial charge in [-0.1, -0.05) is 25.0 Å². The van der Waals surface area contributed by atoms with Crippen LogP contribution >= 0.6 is 11.3 Å². The number of rotatable bonds is 6. The first kappa shape index (κ1) is 21.0. The Labute approximate surface area is 171 Å². The number of carbonyl (C=O) groups is 3. The smallest absolute Gasteiger partial charge is 0.341 e. The Kier molecular flexibility index (Phi) is 6.64. The van der Waals surface area contributed by atoms with Crippen LogP contribution in [0, 0.1) is 17.7 Å². The lowest BCUT2D eigenvalue weighted by Gasteiger charge is -2.27. The Bertz CT molecular complexity index is 908. The first-order valence-electron chi connectivity index (χ1n) is 9.50. The van der Waals surface area contributed by atoms with Crippen LogP contribution in [0.4, 0.5) is 9.39 Å². The predicted octanol–water partition coefficient (Wildman–Crippen LogP) is 4.56. The molecule has 3 rings (SSSR count). The van der Waals surface area contributed by atoms with Gasteiger partial charge in [-0.15, -0.1) is 11.3 Å². The molecule has 1 aliphatic carbocycles. The van der Waals surface area contributed by atoms with Gasteiger partial charge in [-0.2, -0.15) is 0 Å². The zero-order chi connectivity index (χ0) is 21.0. The number of aliphatic carboxylic acids is 1. The van der Waals surface area contributed by atoms with Crippen LogP contribution < -0.4 is 5.32 Å². The Balaban J connectivity index is 1.92. The number of anilines is 1. The van der Waals surface area contributed by atoms with Gasteiger partial charge in [-0.25, -0.2) is 9.18 Å². The number of benzene rings is 1. The number of halogens is 1. The summed E-state index contributed by atoms with van der Waals surface area (Å²) in [7, 11) is 0. The maximum absolute atomic E-state index is 13.3. The summed E-state index contributed by atoms with van der Waals surface area (Å²) in [6.45, 7) is 1.84. The number of ether oxygens (including phenoxy) is 1. The highest BCUT2D eigenvalue weighted by Crippen LogP contribution is 2.38. The van der Waals surface area contributed by atoms with Crippen molar-refractivity contribution in [3.63, 3.8) is 0 Å². The van der Waals surface area contributed by atoms with Crippen LogP contribution in [0.25, 0.3) is 11.1 Å². The van der Waals surface area contributed by atoms with E-state index in [0.29, 0.717) is 29.0 Å². The highest BCUT2D eigenvalue weighted by Gasteiger charge is 2.36. The maximum Gasteiger partial charge on any atom is 0.341 e. The van der Waals surface area contributed by atoms with Crippen molar-refractivity contribution in [3.8, 4) is 11.1 Å². The summed E-state index contributed by atoms with van der Waals surface area (Å²) in [6.07, 6.45) is 2.53. The number of hydrogen-bond donors (Lipinski definition) is 2. The van der Waals surface area contributed by atoms with Gasteiger partial charge < -0.3 is 15.2 Å². The molecule has 2 atom stereocenters. The molecule has 29 heavy (non-hydrogen) atoms. The van der Waals surface area contributed by atoms with Gasteiger partial charge in [0.2, 0.25) is 5.91 Å². The van der Waals surface area contributed by atoms with Crippen LogP contribution in [0.15, 0.2) is 29.6 Å². The summed E-state index contributed by atoms with van der Waals surface area (Å²) >= 11 is 1.16. The number of esters is 1. The summed E-state index contributed by atoms with van der Waals surface area (Å²) in [6, 6.07) is 5.68. The van der Waals surface area contributed by atoms with Gasteiger partial charge in [0.1, 0.15) is 16.4 Å². The second-order valence-corrected chi connectivity index (χ2v) is 7.79. The lowest BCUT2D eigenvalue weighted by atomic mass is 9.79. The molecule has 1 saturated carbocycles. The molecule has 6 nitrogen and oxygen atoms in total. The van der Waals surface area contributed by atoms with Crippen molar-refractivity contribution in [2.24, 2.45) is 11.8 Å².